The summed E-state index contributed by atoms with van der Waals surface area (Å²) >= 11 is 5.91. The molecule has 0 N–H and O–H groups in total. The smallest absolute Gasteiger partial charge is 0.203 e. The molecule has 7 heteroatoms. The minimum atomic E-state index is -3.66. The van der Waals surface area contributed by atoms with Crippen LogP contribution in [0.25, 0.3) is 11.0 Å². The number of halogens is 1. The van der Waals surface area contributed by atoms with E-state index >= 15 is 0 Å². The molecule has 0 bridgehead atoms. The van der Waals surface area contributed by atoms with Gasteiger partial charge < -0.3 is 4.90 Å². The Kier molecular flexibility index (Phi) is 5.02. The highest BCUT2D eigenvalue weighted by atomic mass is 35.5. The monoisotopic (exact) mass is 401 g/mol. The van der Waals surface area contributed by atoms with Crippen LogP contribution >= 0.6 is 11.6 Å². The number of rotatable bonds is 4. The average Bonchev–Trinajstić information content (AvgIpc) is 2.69. The van der Waals surface area contributed by atoms with E-state index in [1.54, 1.807) is 30.3 Å². The molecule has 1 aromatic heterocycles. The van der Waals surface area contributed by atoms with E-state index in [-0.39, 0.29) is 10.8 Å². The molecule has 140 valence electrons. The lowest BCUT2D eigenvalue weighted by Crippen LogP contribution is -2.32. The summed E-state index contributed by atoms with van der Waals surface area (Å²) in [5.41, 5.74) is 1.98. The molecule has 0 unspecified atom stereocenters. The largest absolute Gasteiger partial charge is 0.354 e. The predicted octanol–water partition coefficient (Wildman–Crippen LogP) is 4.25. The molecule has 5 nitrogen and oxygen atoms in total. The number of hydrogen-bond donors (Lipinski definition) is 0. The number of para-hydroxylation sites is 2. The molecule has 4 rings (SSSR count). The van der Waals surface area contributed by atoms with Gasteiger partial charge in [-0.1, -0.05) is 35.9 Å². The summed E-state index contributed by atoms with van der Waals surface area (Å²) in [6, 6.07) is 14.2. The molecule has 2 heterocycles. The average molecular weight is 402 g/mol. The van der Waals surface area contributed by atoms with Gasteiger partial charge in [0.2, 0.25) is 9.84 Å². The minimum absolute atomic E-state index is 0.0676. The van der Waals surface area contributed by atoms with Crippen molar-refractivity contribution in [2.75, 3.05) is 18.0 Å². The van der Waals surface area contributed by atoms with E-state index in [2.05, 4.69) is 14.9 Å². The Hall–Kier alpha value is -2.18. The Balaban J connectivity index is 1.81. The Morgan fingerprint density at radius 1 is 0.889 bits per heavy atom. The van der Waals surface area contributed by atoms with Crippen molar-refractivity contribution in [1.82, 2.24) is 9.97 Å². The first-order chi connectivity index (χ1) is 13.0. The van der Waals surface area contributed by atoms with Gasteiger partial charge in [0.15, 0.2) is 10.8 Å². The standard InChI is InChI=1S/C20H20ClN3O2S/c21-16-10-8-15(9-11-16)14-27(25,26)20-19(24-12-4-1-5-13-24)22-17-6-2-3-7-18(17)23-20/h2-3,6-11H,1,4-5,12-14H2. The number of benzene rings is 2. The molecule has 0 amide bonds. The summed E-state index contributed by atoms with van der Waals surface area (Å²) in [6.45, 7) is 1.60. The van der Waals surface area contributed by atoms with Gasteiger partial charge >= 0.3 is 0 Å². The predicted molar refractivity (Wildman–Crippen MR) is 108 cm³/mol. The molecule has 0 atom stereocenters. The lowest BCUT2D eigenvalue weighted by Gasteiger charge is -2.29. The van der Waals surface area contributed by atoms with E-state index < -0.39 is 9.84 Å². The molecule has 1 saturated heterocycles. The normalized spacial score (nSPS) is 15.2. The van der Waals surface area contributed by atoms with Crippen LogP contribution in [0.15, 0.2) is 53.6 Å². The number of hydrogen-bond acceptors (Lipinski definition) is 5. The van der Waals surface area contributed by atoms with Crippen molar-refractivity contribution in [3.05, 3.63) is 59.1 Å². The van der Waals surface area contributed by atoms with Crippen LogP contribution < -0.4 is 4.90 Å². The second-order valence-corrected chi connectivity index (χ2v) is 9.12. The first-order valence-corrected chi connectivity index (χ1v) is 11.0. The van der Waals surface area contributed by atoms with E-state index in [1.807, 2.05) is 18.2 Å². The van der Waals surface area contributed by atoms with Crippen molar-refractivity contribution in [3.63, 3.8) is 0 Å². The van der Waals surface area contributed by atoms with Crippen molar-refractivity contribution in [2.24, 2.45) is 0 Å². The van der Waals surface area contributed by atoms with Gasteiger partial charge in [-0.3, -0.25) is 0 Å². The van der Waals surface area contributed by atoms with E-state index in [9.17, 15) is 8.42 Å². The lowest BCUT2D eigenvalue weighted by atomic mass is 10.1. The van der Waals surface area contributed by atoms with Crippen LogP contribution in [0.3, 0.4) is 0 Å². The molecule has 0 saturated carbocycles. The fraction of sp³-hybridized carbons (Fsp3) is 0.300. The summed E-state index contributed by atoms with van der Waals surface area (Å²) in [5, 5.41) is 0.647. The van der Waals surface area contributed by atoms with Crippen molar-refractivity contribution in [3.8, 4) is 0 Å². The van der Waals surface area contributed by atoms with Crippen molar-refractivity contribution in [2.45, 2.75) is 30.0 Å². The summed E-state index contributed by atoms with van der Waals surface area (Å²) in [7, 11) is -3.66. The van der Waals surface area contributed by atoms with Crippen LogP contribution in [0.5, 0.6) is 0 Å². The van der Waals surface area contributed by atoms with E-state index in [1.165, 1.54) is 0 Å². The molecule has 0 radical (unpaired) electrons. The van der Waals surface area contributed by atoms with Crippen LogP contribution in [-0.2, 0) is 15.6 Å². The van der Waals surface area contributed by atoms with Gasteiger partial charge in [0.05, 0.1) is 16.8 Å². The van der Waals surface area contributed by atoms with Gasteiger partial charge in [0.1, 0.15) is 0 Å². The summed E-state index contributed by atoms with van der Waals surface area (Å²) in [4.78, 5) is 11.3. The van der Waals surface area contributed by atoms with Crippen molar-refractivity contribution < 1.29 is 8.42 Å². The lowest BCUT2D eigenvalue weighted by molar-refractivity contribution is 0.563. The fourth-order valence-corrected chi connectivity index (χ4v) is 4.95. The third-order valence-corrected chi connectivity index (χ3v) is 6.57. The maximum Gasteiger partial charge on any atom is 0.203 e. The quantitative estimate of drug-likeness (QED) is 0.654. The molecular formula is C20H20ClN3O2S. The van der Waals surface area contributed by atoms with Gasteiger partial charge in [0, 0.05) is 18.1 Å². The zero-order valence-corrected chi connectivity index (χ0v) is 16.4. The van der Waals surface area contributed by atoms with Crippen LogP contribution in [0.2, 0.25) is 5.02 Å². The number of aromatic nitrogens is 2. The summed E-state index contributed by atoms with van der Waals surface area (Å²) < 4.78 is 26.5. The Bertz CT molecular complexity index is 1060. The highest BCUT2D eigenvalue weighted by Crippen LogP contribution is 2.29. The molecule has 0 aliphatic carbocycles. The van der Waals surface area contributed by atoms with E-state index in [0.717, 1.165) is 32.4 Å². The molecule has 1 fully saturated rings. The molecular weight excluding hydrogens is 382 g/mol. The SMILES string of the molecule is O=S(=O)(Cc1ccc(Cl)cc1)c1nc2ccccc2nc1N1CCCCC1. The van der Waals surface area contributed by atoms with Crippen LogP contribution in [-0.4, -0.2) is 31.5 Å². The second-order valence-electron chi connectivity index (χ2n) is 6.77. The highest BCUT2D eigenvalue weighted by Gasteiger charge is 2.27. The Morgan fingerprint density at radius 3 is 2.19 bits per heavy atom. The second kappa shape index (κ2) is 7.44. The molecule has 0 spiro atoms. The number of anilines is 1. The number of fused-ring (bicyclic) bond motifs is 1. The molecule has 1 aliphatic rings. The van der Waals surface area contributed by atoms with Crippen LogP contribution in [0.4, 0.5) is 5.82 Å². The fourth-order valence-electron chi connectivity index (χ4n) is 3.36. The first kappa shape index (κ1) is 18.2. The Morgan fingerprint density at radius 2 is 1.52 bits per heavy atom. The van der Waals surface area contributed by atoms with Crippen LogP contribution in [0.1, 0.15) is 24.8 Å². The van der Waals surface area contributed by atoms with Gasteiger partial charge in [-0.15, -0.1) is 0 Å². The molecule has 2 aromatic carbocycles. The van der Waals surface area contributed by atoms with Crippen LogP contribution in [0, 0.1) is 0 Å². The number of nitrogens with zero attached hydrogens (tertiary/aromatic N) is 3. The number of piperidine rings is 1. The maximum absolute atomic E-state index is 13.2. The van der Waals surface area contributed by atoms with Gasteiger partial charge in [-0.05, 0) is 49.1 Å². The van der Waals surface area contributed by atoms with E-state index in [4.69, 9.17) is 11.6 Å². The number of sulfone groups is 1. The minimum Gasteiger partial charge on any atom is -0.354 e. The van der Waals surface area contributed by atoms with Crippen molar-refractivity contribution >= 4 is 38.3 Å². The third kappa shape index (κ3) is 3.92. The first-order valence-electron chi connectivity index (χ1n) is 9.02. The maximum atomic E-state index is 13.2. The van der Waals surface area contributed by atoms with Gasteiger partial charge in [-0.25, -0.2) is 18.4 Å². The molecule has 3 aromatic rings. The zero-order valence-electron chi connectivity index (χ0n) is 14.8. The molecule has 27 heavy (non-hydrogen) atoms. The molecule has 1 aliphatic heterocycles. The summed E-state index contributed by atoms with van der Waals surface area (Å²) in [5.74, 6) is 0.347. The van der Waals surface area contributed by atoms with Gasteiger partial charge in [0.25, 0.3) is 0 Å². The highest BCUT2D eigenvalue weighted by molar-refractivity contribution is 7.90. The topological polar surface area (TPSA) is 63.2 Å². The van der Waals surface area contributed by atoms with E-state index in [0.29, 0.717) is 27.4 Å². The summed E-state index contributed by atoms with van der Waals surface area (Å²) in [6.07, 6.45) is 3.22. The van der Waals surface area contributed by atoms with Gasteiger partial charge in [-0.2, -0.15) is 0 Å². The van der Waals surface area contributed by atoms with Crippen molar-refractivity contribution in [1.29, 1.82) is 0 Å². The zero-order chi connectivity index (χ0) is 18.9. The Labute approximate surface area is 163 Å². The third-order valence-electron chi connectivity index (χ3n) is 4.74.